The molecule has 0 spiro atoms. The van der Waals surface area contributed by atoms with E-state index in [1.807, 2.05) is 32.0 Å². The summed E-state index contributed by atoms with van der Waals surface area (Å²) in [5.41, 5.74) is 2.34. The number of nitrogens with zero attached hydrogens (tertiary/aromatic N) is 2. The SMILES string of the molecule is CC(C)Oc1c(I)cc(/C=C(\C#N)C(=O)Nc2sc3c(c2C#N)CCCC3)cc1I. The lowest BCUT2D eigenvalue weighted by molar-refractivity contribution is -0.112. The van der Waals surface area contributed by atoms with Gasteiger partial charge in [0.2, 0.25) is 0 Å². The average molecular weight is 643 g/mol. The molecule has 154 valence electrons. The highest BCUT2D eigenvalue weighted by molar-refractivity contribution is 14.1. The smallest absolute Gasteiger partial charge is 0.266 e. The number of carbonyl (C=O) groups is 1. The van der Waals surface area contributed by atoms with Gasteiger partial charge in [0.25, 0.3) is 5.91 Å². The Kier molecular flexibility index (Phi) is 7.77. The fraction of sp³-hybridized carbons (Fsp3) is 0.318. The fourth-order valence-electron chi connectivity index (χ4n) is 3.27. The van der Waals surface area contributed by atoms with E-state index < -0.39 is 5.91 Å². The molecule has 1 heterocycles. The number of benzene rings is 1. The van der Waals surface area contributed by atoms with E-state index in [0.717, 1.165) is 49.7 Å². The number of hydrogen-bond acceptors (Lipinski definition) is 5. The molecule has 1 aliphatic carbocycles. The third-order valence-corrected chi connectivity index (χ3v) is 7.37. The first-order valence-corrected chi connectivity index (χ1v) is 12.4. The Morgan fingerprint density at radius 2 is 1.90 bits per heavy atom. The van der Waals surface area contributed by atoms with Gasteiger partial charge >= 0.3 is 0 Å². The van der Waals surface area contributed by atoms with E-state index in [1.54, 1.807) is 6.08 Å². The summed E-state index contributed by atoms with van der Waals surface area (Å²) in [7, 11) is 0. The van der Waals surface area contributed by atoms with Crippen molar-refractivity contribution in [1.29, 1.82) is 10.5 Å². The van der Waals surface area contributed by atoms with Crippen molar-refractivity contribution in [3.8, 4) is 17.9 Å². The van der Waals surface area contributed by atoms with Gasteiger partial charge < -0.3 is 10.1 Å². The van der Waals surface area contributed by atoms with Gasteiger partial charge in [-0.1, -0.05) is 0 Å². The Hall–Kier alpha value is -1.63. The van der Waals surface area contributed by atoms with Gasteiger partial charge in [-0.25, -0.2) is 0 Å². The maximum Gasteiger partial charge on any atom is 0.266 e. The van der Waals surface area contributed by atoms with Crippen molar-refractivity contribution in [2.45, 2.75) is 45.6 Å². The van der Waals surface area contributed by atoms with Crippen LogP contribution in [0.5, 0.6) is 5.75 Å². The van der Waals surface area contributed by atoms with Gasteiger partial charge in [-0.05, 0) is 114 Å². The molecule has 1 N–H and O–H groups in total. The molecule has 0 fully saturated rings. The minimum atomic E-state index is -0.500. The molecule has 1 aliphatic rings. The predicted molar refractivity (Wildman–Crippen MR) is 136 cm³/mol. The molecule has 0 atom stereocenters. The number of rotatable bonds is 5. The minimum Gasteiger partial charge on any atom is -0.489 e. The lowest BCUT2D eigenvalue weighted by Crippen LogP contribution is -2.13. The topological polar surface area (TPSA) is 85.9 Å². The Labute approximate surface area is 207 Å². The number of aryl methyl sites for hydroxylation is 1. The fourth-order valence-corrected chi connectivity index (χ4v) is 6.57. The number of carbonyl (C=O) groups excluding carboxylic acids is 1. The van der Waals surface area contributed by atoms with E-state index in [9.17, 15) is 15.3 Å². The average Bonchev–Trinajstić information content (AvgIpc) is 3.05. The molecule has 3 rings (SSSR count). The molecule has 0 unspecified atom stereocenters. The zero-order valence-electron chi connectivity index (χ0n) is 16.5. The summed E-state index contributed by atoms with van der Waals surface area (Å²) in [5.74, 6) is 0.300. The second kappa shape index (κ2) is 10.1. The Morgan fingerprint density at radius 1 is 1.23 bits per heavy atom. The molecule has 1 aromatic carbocycles. The molecule has 0 aliphatic heterocycles. The number of halogens is 2. The van der Waals surface area contributed by atoms with Gasteiger partial charge in [0.1, 0.15) is 28.5 Å². The third-order valence-electron chi connectivity index (χ3n) is 4.56. The van der Waals surface area contributed by atoms with Crippen LogP contribution in [-0.2, 0) is 17.6 Å². The van der Waals surface area contributed by atoms with Gasteiger partial charge in [-0.3, -0.25) is 4.79 Å². The van der Waals surface area contributed by atoms with Gasteiger partial charge in [0.05, 0.1) is 18.8 Å². The van der Waals surface area contributed by atoms with Crippen molar-refractivity contribution in [1.82, 2.24) is 0 Å². The van der Waals surface area contributed by atoms with Crippen LogP contribution in [0.3, 0.4) is 0 Å². The number of fused-ring (bicyclic) bond motifs is 1. The first-order valence-electron chi connectivity index (χ1n) is 9.47. The molecule has 0 bridgehead atoms. The highest BCUT2D eigenvalue weighted by Crippen LogP contribution is 2.38. The van der Waals surface area contributed by atoms with Crippen LogP contribution in [-0.4, -0.2) is 12.0 Å². The molecule has 5 nitrogen and oxygen atoms in total. The Bertz CT molecular complexity index is 1080. The van der Waals surface area contributed by atoms with E-state index in [1.165, 1.54) is 16.2 Å². The quantitative estimate of drug-likeness (QED) is 0.245. The monoisotopic (exact) mass is 643 g/mol. The van der Waals surface area contributed by atoms with Gasteiger partial charge in [-0.15, -0.1) is 11.3 Å². The maximum absolute atomic E-state index is 12.8. The van der Waals surface area contributed by atoms with Crippen LogP contribution >= 0.6 is 56.5 Å². The van der Waals surface area contributed by atoms with Crippen molar-refractivity contribution < 1.29 is 9.53 Å². The summed E-state index contributed by atoms with van der Waals surface area (Å²) >= 11 is 5.84. The van der Waals surface area contributed by atoms with E-state index in [0.29, 0.717) is 10.6 Å². The molecule has 1 aromatic heterocycles. The standard InChI is InChI=1S/C22H19I2N3O2S/c1-12(2)29-20-17(23)8-13(9-18(20)24)7-14(10-25)21(28)27-22-16(11-26)15-5-3-4-6-19(15)30-22/h7-9,12H,3-6H2,1-2H3,(H,27,28)/b14-7+. The van der Waals surface area contributed by atoms with E-state index in [4.69, 9.17) is 4.74 Å². The molecule has 30 heavy (non-hydrogen) atoms. The minimum absolute atomic E-state index is 0.00519. The predicted octanol–water partition coefficient (Wildman–Crippen LogP) is 6.04. The second-order valence-corrected chi connectivity index (χ2v) is 10.6. The van der Waals surface area contributed by atoms with E-state index in [-0.39, 0.29) is 11.7 Å². The first kappa shape index (κ1) is 23.0. The van der Waals surface area contributed by atoms with Crippen molar-refractivity contribution in [2.75, 3.05) is 5.32 Å². The van der Waals surface area contributed by atoms with Crippen molar-refractivity contribution in [2.24, 2.45) is 0 Å². The molecule has 0 radical (unpaired) electrons. The Balaban J connectivity index is 1.87. The summed E-state index contributed by atoms with van der Waals surface area (Å²) in [5, 5.41) is 22.5. The maximum atomic E-state index is 12.8. The number of anilines is 1. The first-order chi connectivity index (χ1) is 14.3. The van der Waals surface area contributed by atoms with E-state index in [2.05, 4.69) is 56.6 Å². The molecular weight excluding hydrogens is 624 g/mol. The number of ether oxygens (including phenoxy) is 1. The number of amides is 1. The van der Waals surface area contributed by atoms with Crippen LogP contribution in [0.15, 0.2) is 17.7 Å². The molecule has 8 heteroatoms. The summed E-state index contributed by atoms with van der Waals surface area (Å²) < 4.78 is 7.67. The number of hydrogen-bond donors (Lipinski definition) is 1. The summed E-state index contributed by atoms with van der Waals surface area (Å²) in [4.78, 5) is 13.9. The van der Waals surface area contributed by atoms with Crippen LogP contribution in [0.25, 0.3) is 6.08 Å². The number of nitrogens with one attached hydrogen (secondary N) is 1. The van der Waals surface area contributed by atoms with E-state index >= 15 is 0 Å². The highest BCUT2D eigenvalue weighted by Gasteiger charge is 2.23. The van der Waals surface area contributed by atoms with Gasteiger partial charge in [0, 0.05) is 4.88 Å². The molecule has 0 saturated heterocycles. The van der Waals surface area contributed by atoms with Crippen LogP contribution in [0, 0.1) is 29.8 Å². The third kappa shape index (κ3) is 5.16. The van der Waals surface area contributed by atoms with Crippen LogP contribution in [0.1, 0.15) is 48.3 Å². The second-order valence-electron chi connectivity index (χ2n) is 7.13. The van der Waals surface area contributed by atoms with Gasteiger partial charge in [-0.2, -0.15) is 10.5 Å². The summed E-state index contributed by atoms with van der Waals surface area (Å²) in [6.45, 7) is 3.94. The number of thiophene rings is 1. The lowest BCUT2D eigenvalue weighted by Gasteiger charge is -2.14. The van der Waals surface area contributed by atoms with Gasteiger partial charge in [0.15, 0.2) is 0 Å². The summed E-state index contributed by atoms with van der Waals surface area (Å²) in [6, 6.07) is 7.99. The van der Waals surface area contributed by atoms with Crippen LogP contribution in [0.4, 0.5) is 5.00 Å². The molecule has 1 amide bonds. The zero-order valence-corrected chi connectivity index (χ0v) is 21.6. The lowest BCUT2D eigenvalue weighted by atomic mass is 9.96. The van der Waals surface area contributed by atoms with Crippen LogP contribution < -0.4 is 10.1 Å². The van der Waals surface area contributed by atoms with Crippen molar-refractivity contribution in [3.63, 3.8) is 0 Å². The number of nitriles is 2. The van der Waals surface area contributed by atoms with Crippen molar-refractivity contribution >= 4 is 73.5 Å². The molecular formula is C22H19I2N3O2S. The van der Waals surface area contributed by atoms with Crippen molar-refractivity contribution in [3.05, 3.63) is 46.4 Å². The zero-order chi connectivity index (χ0) is 21.8. The summed E-state index contributed by atoms with van der Waals surface area (Å²) in [6.07, 6.45) is 5.59. The van der Waals surface area contributed by atoms with Crippen LogP contribution in [0.2, 0.25) is 0 Å². The Morgan fingerprint density at radius 3 is 2.50 bits per heavy atom. The molecule has 2 aromatic rings. The highest BCUT2D eigenvalue weighted by atomic mass is 127. The normalized spacial score (nSPS) is 13.4. The largest absolute Gasteiger partial charge is 0.489 e. The molecule has 0 saturated carbocycles.